The molecule has 0 heterocycles. The molecule has 0 aliphatic heterocycles. The summed E-state index contributed by atoms with van der Waals surface area (Å²) in [5.74, 6) is 0.788. The Hall–Kier alpha value is -0.730. The molecule has 0 amide bonds. The maximum atomic E-state index is 8.80. The number of rotatable bonds is 3. The van der Waals surface area contributed by atoms with E-state index in [2.05, 4.69) is 0 Å². The third-order valence-electron chi connectivity index (χ3n) is 1.94. The van der Waals surface area contributed by atoms with Crippen LogP contribution in [0.3, 0.4) is 0 Å². The maximum Gasteiger partial charge on any atom is 0.122 e. The fourth-order valence-electron chi connectivity index (χ4n) is 1.20. The quantitative estimate of drug-likeness (QED) is 0.811. The van der Waals surface area contributed by atoms with Crippen molar-refractivity contribution in [1.29, 1.82) is 0 Å². The third-order valence-corrected chi connectivity index (χ3v) is 2.35. The molecule has 0 spiro atoms. The Bertz CT molecular complexity index is 297. The molecule has 3 heteroatoms. The molecule has 1 aromatic carbocycles. The number of aliphatic hydroxyl groups excluding tert-OH is 1. The predicted molar refractivity (Wildman–Crippen MR) is 53.5 cm³/mol. The van der Waals surface area contributed by atoms with Gasteiger partial charge in [0.05, 0.1) is 7.11 Å². The lowest BCUT2D eigenvalue weighted by molar-refractivity contribution is 0.296. The van der Waals surface area contributed by atoms with Crippen molar-refractivity contribution in [2.24, 2.45) is 0 Å². The molecule has 1 rings (SSSR count). The summed E-state index contributed by atoms with van der Waals surface area (Å²) in [5.41, 5.74) is 1.93. The molecule has 1 N–H and O–H groups in total. The van der Waals surface area contributed by atoms with Crippen molar-refractivity contribution in [3.63, 3.8) is 0 Å². The van der Waals surface area contributed by atoms with Gasteiger partial charge in [-0.05, 0) is 36.6 Å². The lowest BCUT2D eigenvalue weighted by Gasteiger charge is -2.09. The van der Waals surface area contributed by atoms with Crippen LogP contribution in [0.2, 0.25) is 5.02 Å². The first kappa shape index (κ1) is 10.4. The van der Waals surface area contributed by atoms with E-state index in [1.165, 1.54) is 0 Å². The van der Waals surface area contributed by atoms with Crippen LogP contribution in [0.4, 0.5) is 0 Å². The minimum Gasteiger partial charge on any atom is -0.496 e. The Morgan fingerprint density at radius 2 is 2.15 bits per heavy atom. The van der Waals surface area contributed by atoms with Gasteiger partial charge in [0.25, 0.3) is 0 Å². The fourth-order valence-corrected chi connectivity index (χ4v) is 1.39. The smallest absolute Gasteiger partial charge is 0.122 e. The van der Waals surface area contributed by atoms with Crippen LogP contribution >= 0.6 is 11.6 Å². The van der Waals surface area contributed by atoms with Gasteiger partial charge in [-0.3, -0.25) is 0 Å². The molecule has 0 unspecified atom stereocenters. The van der Waals surface area contributed by atoms with Gasteiger partial charge in [0.2, 0.25) is 0 Å². The van der Waals surface area contributed by atoms with Gasteiger partial charge in [-0.15, -0.1) is 0 Å². The number of aryl methyl sites for hydroxylation is 1. The van der Waals surface area contributed by atoms with Gasteiger partial charge in [-0.1, -0.05) is 11.6 Å². The summed E-state index contributed by atoms with van der Waals surface area (Å²) in [6.45, 7) is 2.03. The fraction of sp³-hybridized carbons (Fsp3) is 0.400. The van der Waals surface area contributed by atoms with Crippen LogP contribution in [0.15, 0.2) is 12.1 Å². The topological polar surface area (TPSA) is 29.5 Å². The van der Waals surface area contributed by atoms with E-state index in [9.17, 15) is 0 Å². The van der Waals surface area contributed by atoms with Crippen LogP contribution in [0, 0.1) is 6.92 Å². The summed E-state index contributed by atoms with van der Waals surface area (Å²) in [6.07, 6.45) is 0.573. The molecule has 72 valence electrons. The molecule has 0 aliphatic carbocycles. The molecule has 0 saturated heterocycles. The summed E-state index contributed by atoms with van der Waals surface area (Å²) in [6, 6.07) is 3.72. The number of aliphatic hydroxyl groups is 1. The van der Waals surface area contributed by atoms with E-state index in [-0.39, 0.29) is 6.61 Å². The highest BCUT2D eigenvalue weighted by atomic mass is 35.5. The Morgan fingerprint density at radius 3 is 2.69 bits per heavy atom. The van der Waals surface area contributed by atoms with Crippen molar-refractivity contribution in [3.8, 4) is 5.75 Å². The number of halogens is 1. The Kier molecular flexibility index (Phi) is 3.58. The van der Waals surface area contributed by atoms with Crippen LogP contribution < -0.4 is 4.74 Å². The molecule has 13 heavy (non-hydrogen) atoms. The average Bonchev–Trinajstić information content (AvgIpc) is 2.11. The van der Waals surface area contributed by atoms with Gasteiger partial charge in [-0.2, -0.15) is 0 Å². The SMILES string of the molecule is COc1cc(C)c(Cl)cc1CCO. The highest BCUT2D eigenvalue weighted by Gasteiger charge is 2.05. The van der Waals surface area contributed by atoms with Crippen molar-refractivity contribution >= 4 is 11.6 Å². The zero-order valence-corrected chi connectivity index (χ0v) is 8.56. The lowest BCUT2D eigenvalue weighted by atomic mass is 10.1. The van der Waals surface area contributed by atoms with Crippen LogP contribution in [-0.4, -0.2) is 18.8 Å². The summed E-state index contributed by atoms with van der Waals surface area (Å²) < 4.78 is 5.16. The van der Waals surface area contributed by atoms with Gasteiger partial charge in [0.15, 0.2) is 0 Å². The van der Waals surface area contributed by atoms with Crippen LogP contribution in [0.25, 0.3) is 0 Å². The summed E-state index contributed by atoms with van der Waals surface area (Å²) in [5, 5.41) is 9.51. The minimum absolute atomic E-state index is 0.107. The van der Waals surface area contributed by atoms with E-state index in [0.29, 0.717) is 11.4 Å². The molecule has 0 saturated carbocycles. The molecule has 0 atom stereocenters. The largest absolute Gasteiger partial charge is 0.496 e. The van der Waals surface area contributed by atoms with E-state index < -0.39 is 0 Å². The monoisotopic (exact) mass is 200 g/mol. The first-order valence-electron chi connectivity index (χ1n) is 4.13. The van der Waals surface area contributed by atoms with Crippen molar-refractivity contribution < 1.29 is 9.84 Å². The van der Waals surface area contributed by atoms with Gasteiger partial charge >= 0.3 is 0 Å². The number of ether oxygens (including phenoxy) is 1. The van der Waals surface area contributed by atoms with Gasteiger partial charge < -0.3 is 9.84 Å². The average molecular weight is 201 g/mol. The molecular formula is C10H13ClO2. The molecule has 1 aromatic rings. The second kappa shape index (κ2) is 4.49. The van der Waals surface area contributed by atoms with Crippen molar-refractivity contribution in [1.82, 2.24) is 0 Å². The predicted octanol–water partition coefficient (Wildman–Crippen LogP) is 2.19. The van der Waals surface area contributed by atoms with E-state index in [1.807, 2.05) is 19.1 Å². The minimum atomic E-state index is 0.107. The summed E-state index contributed by atoms with van der Waals surface area (Å²) in [7, 11) is 1.61. The second-order valence-corrected chi connectivity index (χ2v) is 3.29. The van der Waals surface area contributed by atoms with Crippen molar-refractivity contribution in [2.45, 2.75) is 13.3 Å². The summed E-state index contributed by atoms with van der Waals surface area (Å²) in [4.78, 5) is 0. The van der Waals surface area contributed by atoms with E-state index in [4.69, 9.17) is 21.4 Å². The number of benzene rings is 1. The van der Waals surface area contributed by atoms with E-state index in [1.54, 1.807) is 7.11 Å². The van der Waals surface area contributed by atoms with Crippen LogP contribution in [-0.2, 0) is 6.42 Å². The molecule has 0 radical (unpaired) electrons. The Balaban J connectivity index is 3.09. The maximum absolute atomic E-state index is 8.80. The number of methoxy groups -OCH3 is 1. The Labute approximate surface area is 83.1 Å². The first-order valence-corrected chi connectivity index (χ1v) is 4.50. The zero-order chi connectivity index (χ0) is 9.84. The van der Waals surface area contributed by atoms with Crippen molar-refractivity contribution in [3.05, 3.63) is 28.3 Å². The van der Waals surface area contributed by atoms with Gasteiger partial charge in [0.1, 0.15) is 5.75 Å². The van der Waals surface area contributed by atoms with E-state index >= 15 is 0 Å². The molecule has 0 aliphatic rings. The number of hydrogen-bond donors (Lipinski definition) is 1. The third kappa shape index (κ3) is 2.36. The van der Waals surface area contributed by atoms with Crippen LogP contribution in [0.1, 0.15) is 11.1 Å². The molecular weight excluding hydrogens is 188 g/mol. The van der Waals surface area contributed by atoms with Crippen LogP contribution in [0.5, 0.6) is 5.75 Å². The zero-order valence-electron chi connectivity index (χ0n) is 7.80. The second-order valence-electron chi connectivity index (χ2n) is 2.89. The summed E-state index contributed by atoms with van der Waals surface area (Å²) >= 11 is 5.94. The Morgan fingerprint density at radius 1 is 1.46 bits per heavy atom. The highest BCUT2D eigenvalue weighted by Crippen LogP contribution is 2.26. The first-order chi connectivity index (χ1) is 6.19. The molecule has 0 aromatic heterocycles. The molecule has 2 nitrogen and oxygen atoms in total. The molecule has 0 fully saturated rings. The lowest BCUT2D eigenvalue weighted by Crippen LogP contribution is -1.96. The van der Waals surface area contributed by atoms with E-state index in [0.717, 1.165) is 16.9 Å². The van der Waals surface area contributed by atoms with Gasteiger partial charge in [0, 0.05) is 11.6 Å². The van der Waals surface area contributed by atoms with Gasteiger partial charge in [-0.25, -0.2) is 0 Å². The van der Waals surface area contributed by atoms with Crippen molar-refractivity contribution in [2.75, 3.05) is 13.7 Å². The number of hydrogen-bond acceptors (Lipinski definition) is 2. The normalized spacial score (nSPS) is 10.2. The highest BCUT2D eigenvalue weighted by molar-refractivity contribution is 6.31. The standard InChI is InChI=1S/C10H13ClO2/c1-7-5-10(13-2)8(3-4-12)6-9(7)11/h5-6,12H,3-4H2,1-2H3. The molecule has 0 bridgehead atoms.